The van der Waals surface area contributed by atoms with Crippen LogP contribution >= 0.6 is 0 Å². The molecule has 0 spiro atoms. The number of ether oxygens (including phenoxy) is 1. The van der Waals surface area contributed by atoms with E-state index < -0.39 is 0 Å². The molecule has 0 saturated carbocycles. The highest BCUT2D eigenvalue weighted by atomic mass is 16.6. The van der Waals surface area contributed by atoms with Crippen LogP contribution in [0.2, 0.25) is 0 Å². The minimum absolute atomic E-state index is 0.0156. The Morgan fingerprint density at radius 3 is 2.31 bits per heavy atom. The zero-order chi connectivity index (χ0) is 10.1. The minimum atomic E-state index is -0.248. The zero-order valence-electron chi connectivity index (χ0n) is 9.14. The lowest BCUT2D eigenvalue weighted by atomic mass is 9.76. The summed E-state index contributed by atoms with van der Waals surface area (Å²) < 4.78 is 5.37. The maximum absolute atomic E-state index is 11.7. The van der Waals surface area contributed by atoms with Gasteiger partial charge >= 0.3 is 5.97 Å². The molecule has 1 aliphatic rings. The molecule has 0 aromatic heterocycles. The largest absolute Gasteiger partial charge is 0.459 e. The van der Waals surface area contributed by atoms with Gasteiger partial charge in [0.2, 0.25) is 0 Å². The van der Waals surface area contributed by atoms with E-state index in [0.29, 0.717) is 0 Å². The van der Waals surface area contributed by atoms with Crippen molar-refractivity contribution < 1.29 is 9.53 Å². The van der Waals surface area contributed by atoms with Crippen molar-refractivity contribution >= 4 is 5.97 Å². The van der Waals surface area contributed by atoms with E-state index in [4.69, 9.17) is 4.74 Å². The molecule has 1 aliphatic heterocycles. The normalized spacial score (nSPS) is 31.8. The van der Waals surface area contributed by atoms with Crippen LogP contribution in [0, 0.1) is 5.41 Å². The van der Waals surface area contributed by atoms with Gasteiger partial charge in [0.15, 0.2) is 0 Å². The van der Waals surface area contributed by atoms with E-state index in [1.165, 1.54) is 0 Å². The lowest BCUT2D eigenvalue weighted by Crippen LogP contribution is -2.25. The van der Waals surface area contributed by atoms with E-state index >= 15 is 0 Å². The molecule has 13 heavy (non-hydrogen) atoms. The Morgan fingerprint density at radius 2 is 2.00 bits per heavy atom. The molecule has 76 valence electrons. The Morgan fingerprint density at radius 1 is 1.38 bits per heavy atom. The van der Waals surface area contributed by atoms with Crippen LogP contribution in [0.3, 0.4) is 0 Å². The molecule has 1 saturated heterocycles. The summed E-state index contributed by atoms with van der Waals surface area (Å²) in [5.41, 5.74) is -0.430. The van der Waals surface area contributed by atoms with Gasteiger partial charge in [0.05, 0.1) is 5.41 Å². The summed E-state index contributed by atoms with van der Waals surface area (Å²) in [6.07, 6.45) is 3.80. The van der Waals surface area contributed by atoms with Crippen LogP contribution in [-0.2, 0) is 9.53 Å². The molecular formula is C11H20O2. The monoisotopic (exact) mass is 184 g/mol. The van der Waals surface area contributed by atoms with Crippen molar-refractivity contribution in [3.8, 4) is 0 Å². The standard InChI is InChI=1S/C11H20O2/c1-5-7-11(6-2)8-10(3,4)13-9(11)12/h5-8H2,1-4H3. The van der Waals surface area contributed by atoms with Crippen LogP contribution in [0.25, 0.3) is 0 Å². The van der Waals surface area contributed by atoms with E-state index in [0.717, 1.165) is 25.7 Å². The summed E-state index contributed by atoms with van der Waals surface area (Å²) in [6, 6.07) is 0. The topological polar surface area (TPSA) is 26.3 Å². The molecule has 2 nitrogen and oxygen atoms in total. The van der Waals surface area contributed by atoms with E-state index in [9.17, 15) is 4.79 Å². The average Bonchev–Trinajstić information content (AvgIpc) is 2.23. The first-order valence-corrected chi connectivity index (χ1v) is 5.19. The van der Waals surface area contributed by atoms with Gasteiger partial charge in [-0.2, -0.15) is 0 Å². The van der Waals surface area contributed by atoms with E-state index in [1.54, 1.807) is 0 Å². The minimum Gasteiger partial charge on any atom is -0.459 e. The molecule has 0 amide bonds. The number of carbonyl (C=O) groups is 1. The van der Waals surface area contributed by atoms with Crippen LogP contribution in [0.5, 0.6) is 0 Å². The van der Waals surface area contributed by atoms with Gasteiger partial charge in [-0.15, -0.1) is 0 Å². The highest BCUT2D eigenvalue weighted by molar-refractivity contribution is 5.79. The first kappa shape index (κ1) is 10.6. The molecule has 0 aromatic rings. The lowest BCUT2D eigenvalue weighted by molar-refractivity contribution is -0.152. The molecule has 1 rings (SSSR count). The second-order valence-electron chi connectivity index (χ2n) is 4.71. The van der Waals surface area contributed by atoms with Crippen molar-refractivity contribution in [3.05, 3.63) is 0 Å². The van der Waals surface area contributed by atoms with Crippen molar-refractivity contribution in [2.24, 2.45) is 5.41 Å². The summed E-state index contributed by atoms with van der Waals surface area (Å²) in [6.45, 7) is 8.20. The molecule has 0 N–H and O–H groups in total. The molecule has 0 aliphatic carbocycles. The maximum atomic E-state index is 11.7. The fraction of sp³-hybridized carbons (Fsp3) is 0.909. The van der Waals surface area contributed by atoms with Crippen LogP contribution in [-0.4, -0.2) is 11.6 Å². The Kier molecular flexibility index (Phi) is 2.69. The molecule has 2 heteroatoms. The highest BCUT2D eigenvalue weighted by Crippen LogP contribution is 2.45. The fourth-order valence-corrected chi connectivity index (χ4v) is 2.40. The molecule has 0 bridgehead atoms. The van der Waals surface area contributed by atoms with Gasteiger partial charge in [0, 0.05) is 6.42 Å². The number of esters is 1. The smallest absolute Gasteiger partial charge is 0.312 e. The third-order valence-corrected chi connectivity index (χ3v) is 2.97. The quantitative estimate of drug-likeness (QED) is 0.630. The van der Waals surface area contributed by atoms with Crippen molar-refractivity contribution in [2.75, 3.05) is 0 Å². The Balaban J connectivity index is 2.83. The first-order chi connectivity index (χ1) is 5.96. The number of carbonyl (C=O) groups excluding carboxylic acids is 1. The third-order valence-electron chi connectivity index (χ3n) is 2.97. The van der Waals surface area contributed by atoms with Crippen LogP contribution in [0.4, 0.5) is 0 Å². The van der Waals surface area contributed by atoms with E-state index in [-0.39, 0.29) is 17.0 Å². The van der Waals surface area contributed by atoms with Crippen LogP contribution in [0.1, 0.15) is 53.4 Å². The summed E-state index contributed by atoms with van der Waals surface area (Å²) >= 11 is 0. The zero-order valence-corrected chi connectivity index (χ0v) is 9.14. The number of hydrogen-bond acceptors (Lipinski definition) is 2. The SMILES string of the molecule is CCCC1(CC)CC(C)(C)OC1=O. The summed E-state index contributed by atoms with van der Waals surface area (Å²) in [5.74, 6) is 0.0156. The van der Waals surface area contributed by atoms with Crippen molar-refractivity contribution in [3.63, 3.8) is 0 Å². The third kappa shape index (κ3) is 1.87. The van der Waals surface area contributed by atoms with Crippen molar-refractivity contribution in [1.82, 2.24) is 0 Å². The average molecular weight is 184 g/mol. The molecule has 1 fully saturated rings. The summed E-state index contributed by atoms with van der Waals surface area (Å²) in [4.78, 5) is 11.7. The molecule has 0 aromatic carbocycles. The Bertz CT molecular complexity index is 208. The first-order valence-electron chi connectivity index (χ1n) is 5.19. The van der Waals surface area contributed by atoms with Crippen LogP contribution < -0.4 is 0 Å². The Labute approximate surface area is 80.7 Å². The molecule has 1 atom stereocenters. The predicted molar refractivity (Wildman–Crippen MR) is 52.4 cm³/mol. The highest BCUT2D eigenvalue weighted by Gasteiger charge is 2.50. The van der Waals surface area contributed by atoms with Gasteiger partial charge in [-0.3, -0.25) is 4.79 Å². The number of rotatable bonds is 3. The van der Waals surface area contributed by atoms with Crippen molar-refractivity contribution in [1.29, 1.82) is 0 Å². The van der Waals surface area contributed by atoms with E-state index in [2.05, 4.69) is 13.8 Å². The van der Waals surface area contributed by atoms with Gasteiger partial charge < -0.3 is 4.74 Å². The fourth-order valence-electron chi connectivity index (χ4n) is 2.40. The second kappa shape index (κ2) is 3.32. The Hall–Kier alpha value is -0.530. The van der Waals surface area contributed by atoms with Gasteiger partial charge in [-0.05, 0) is 26.7 Å². The molecule has 1 heterocycles. The van der Waals surface area contributed by atoms with Gasteiger partial charge in [-0.25, -0.2) is 0 Å². The van der Waals surface area contributed by atoms with Crippen LogP contribution in [0.15, 0.2) is 0 Å². The number of cyclic esters (lactones) is 1. The lowest BCUT2D eigenvalue weighted by Gasteiger charge is -2.22. The predicted octanol–water partition coefficient (Wildman–Crippen LogP) is 2.91. The summed E-state index contributed by atoms with van der Waals surface area (Å²) in [7, 11) is 0. The maximum Gasteiger partial charge on any atom is 0.312 e. The van der Waals surface area contributed by atoms with Gasteiger partial charge in [-0.1, -0.05) is 20.3 Å². The van der Waals surface area contributed by atoms with Crippen molar-refractivity contribution in [2.45, 2.75) is 59.0 Å². The molecular weight excluding hydrogens is 164 g/mol. The number of hydrogen-bond donors (Lipinski definition) is 0. The van der Waals surface area contributed by atoms with Gasteiger partial charge in [0.1, 0.15) is 5.60 Å². The summed E-state index contributed by atoms with van der Waals surface area (Å²) in [5, 5.41) is 0. The second-order valence-corrected chi connectivity index (χ2v) is 4.71. The van der Waals surface area contributed by atoms with Gasteiger partial charge in [0.25, 0.3) is 0 Å². The molecule has 0 radical (unpaired) electrons. The van der Waals surface area contributed by atoms with E-state index in [1.807, 2.05) is 13.8 Å². The molecule has 1 unspecified atom stereocenters.